The molecule has 0 spiro atoms. The highest BCUT2D eigenvalue weighted by Gasteiger charge is 2.59. The molecule has 206 valence electrons. The minimum absolute atomic E-state index is 0.0642. The zero-order valence-corrected chi connectivity index (χ0v) is 21.6. The fourth-order valence-corrected chi connectivity index (χ4v) is 5.15. The summed E-state index contributed by atoms with van der Waals surface area (Å²) in [5.74, 6) is 0.417. The second kappa shape index (κ2) is 10.8. The summed E-state index contributed by atoms with van der Waals surface area (Å²) in [5, 5.41) is 14.0. The molecule has 3 aromatic heterocycles. The average Bonchev–Trinajstić information content (AvgIpc) is 2.91. The van der Waals surface area contributed by atoms with Crippen LogP contribution in [0.1, 0.15) is 18.5 Å². The molecular weight excluding hydrogens is 539 g/mol. The molecule has 15 heteroatoms. The van der Waals surface area contributed by atoms with Gasteiger partial charge in [-0.2, -0.15) is 18.3 Å². The van der Waals surface area contributed by atoms with Gasteiger partial charge in [-0.25, -0.2) is 9.78 Å². The highest BCUT2D eigenvalue weighted by atomic mass is 32.2. The molecular formula is C24H24F3N7O4S. The van der Waals surface area contributed by atoms with E-state index in [0.29, 0.717) is 34.9 Å². The number of pyridine rings is 2. The number of ether oxygens (including phenoxy) is 2. The summed E-state index contributed by atoms with van der Waals surface area (Å²) in [6, 6.07) is 6.36. The van der Waals surface area contributed by atoms with Gasteiger partial charge in [-0.15, -0.1) is 5.10 Å². The number of thioether (sulfide) groups is 1. The first-order valence-electron chi connectivity index (χ1n) is 12.0. The molecule has 39 heavy (non-hydrogen) atoms. The zero-order chi connectivity index (χ0) is 27.6. The van der Waals surface area contributed by atoms with E-state index in [4.69, 9.17) is 9.47 Å². The van der Waals surface area contributed by atoms with Gasteiger partial charge in [0.25, 0.3) is 0 Å². The van der Waals surface area contributed by atoms with Crippen LogP contribution in [0.4, 0.5) is 29.3 Å². The van der Waals surface area contributed by atoms with Gasteiger partial charge in [-0.1, -0.05) is 11.8 Å². The number of amides is 2. The van der Waals surface area contributed by atoms with E-state index < -0.39 is 30.7 Å². The Morgan fingerprint density at radius 1 is 1.23 bits per heavy atom. The van der Waals surface area contributed by atoms with Gasteiger partial charge in [0.05, 0.1) is 35.4 Å². The van der Waals surface area contributed by atoms with E-state index in [-0.39, 0.29) is 41.8 Å². The number of nitrogens with zero attached hydrogens (tertiary/aromatic N) is 5. The first-order valence-corrected chi connectivity index (χ1v) is 13.0. The summed E-state index contributed by atoms with van der Waals surface area (Å²) in [6.07, 6.45) is -5.00. The second-order valence-corrected chi connectivity index (χ2v) is 10.0. The lowest BCUT2D eigenvalue weighted by atomic mass is 9.90. The number of carbonyl (C=O) groups excluding carboxylic acids is 2. The monoisotopic (exact) mass is 563 g/mol. The van der Waals surface area contributed by atoms with E-state index in [1.54, 1.807) is 18.2 Å². The van der Waals surface area contributed by atoms with Crippen LogP contribution in [-0.4, -0.2) is 81.3 Å². The van der Waals surface area contributed by atoms with Gasteiger partial charge in [0.15, 0.2) is 0 Å². The van der Waals surface area contributed by atoms with Gasteiger partial charge >= 0.3 is 12.3 Å². The van der Waals surface area contributed by atoms with Crippen LogP contribution in [0.2, 0.25) is 0 Å². The number of carbonyl (C=O) groups is 2. The van der Waals surface area contributed by atoms with Gasteiger partial charge in [0.2, 0.25) is 17.4 Å². The molecule has 0 aliphatic carbocycles. The second-order valence-electron chi connectivity index (χ2n) is 9.07. The predicted octanol–water partition coefficient (Wildman–Crippen LogP) is 3.66. The number of halogens is 3. The van der Waals surface area contributed by atoms with Crippen molar-refractivity contribution in [1.29, 1.82) is 0 Å². The Balaban J connectivity index is 1.22. The van der Waals surface area contributed by atoms with E-state index in [0.717, 1.165) is 0 Å². The predicted molar refractivity (Wildman–Crippen MR) is 136 cm³/mol. The summed E-state index contributed by atoms with van der Waals surface area (Å²) in [7, 11) is 1.42. The van der Waals surface area contributed by atoms with Crippen LogP contribution in [0.5, 0.6) is 5.88 Å². The molecule has 2 N–H and O–H groups in total. The molecule has 0 radical (unpaired) electrons. The van der Waals surface area contributed by atoms with E-state index in [9.17, 15) is 22.8 Å². The SMILES string of the molecule is COc1ccc2nccc(NC(=O)OC3(C(F)(F)F)CCN(CCc4cc5c(nn4)SCC(=O)N5)CC3)c2n1. The number of fused-ring (bicyclic) bond motifs is 2. The summed E-state index contributed by atoms with van der Waals surface area (Å²) < 4.78 is 52.8. The Hall–Kier alpha value is -3.72. The van der Waals surface area contributed by atoms with Gasteiger partial charge in [0, 0.05) is 51.2 Å². The molecule has 2 aliphatic rings. The molecule has 11 nitrogen and oxygen atoms in total. The molecule has 1 fully saturated rings. The summed E-state index contributed by atoms with van der Waals surface area (Å²) in [5.41, 5.74) is -0.584. The third-order valence-electron chi connectivity index (χ3n) is 6.58. The van der Waals surface area contributed by atoms with Gasteiger partial charge in [-0.05, 0) is 18.2 Å². The third kappa shape index (κ3) is 5.83. The van der Waals surface area contributed by atoms with Crippen molar-refractivity contribution in [1.82, 2.24) is 25.1 Å². The Bertz CT molecular complexity index is 1400. The minimum atomic E-state index is -4.77. The molecule has 0 bridgehead atoms. The van der Waals surface area contributed by atoms with Crippen molar-refractivity contribution in [3.8, 4) is 5.88 Å². The summed E-state index contributed by atoms with van der Waals surface area (Å²) in [4.78, 5) is 34.5. The molecule has 1 saturated heterocycles. The van der Waals surface area contributed by atoms with E-state index >= 15 is 0 Å². The zero-order valence-electron chi connectivity index (χ0n) is 20.7. The van der Waals surface area contributed by atoms with Crippen LogP contribution in [0, 0.1) is 0 Å². The molecule has 3 aromatic rings. The highest BCUT2D eigenvalue weighted by Crippen LogP contribution is 2.42. The Kier molecular flexibility index (Phi) is 7.44. The largest absolute Gasteiger partial charge is 0.481 e. The van der Waals surface area contributed by atoms with Gasteiger partial charge in [0.1, 0.15) is 10.5 Å². The van der Waals surface area contributed by atoms with Crippen molar-refractivity contribution < 1.29 is 32.2 Å². The maximum atomic E-state index is 14.2. The number of hydrogen-bond acceptors (Lipinski definition) is 10. The van der Waals surface area contributed by atoms with Crippen LogP contribution in [0.3, 0.4) is 0 Å². The van der Waals surface area contributed by atoms with Crippen molar-refractivity contribution in [2.24, 2.45) is 0 Å². The van der Waals surface area contributed by atoms with Crippen LogP contribution >= 0.6 is 11.8 Å². The Labute approximate surface area is 224 Å². The normalized spacial score (nSPS) is 17.3. The van der Waals surface area contributed by atoms with E-state index in [1.165, 1.54) is 31.1 Å². The number of piperidine rings is 1. The van der Waals surface area contributed by atoms with Crippen LogP contribution in [0.25, 0.3) is 11.0 Å². The topological polar surface area (TPSA) is 131 Å². The van der Waals surface area contributed by atoms with E-state index in [1.807, 2.05) is 4.90 Å². The molecule has 2 amide bonds. The number of rotatable bonds is 6. The fraction of sp³-hybridized carbons (Fsp3) is 0.417. The number of alkyl halides is 3. The van der Waals surface area contributed by atoms with Crippen molar-refractivity contribution in [2.45, 2.75) is 36.1 Å². The smallest absolute Gasteiger partial charge is 0.428 e. The van der Waals surface area contributed by atoms with Crippen LogP contribution < -0.4 is 15.4 Å². The number of hydrogen-bond donors (Lipinski definition) is 2. The summed E-state index contributed by atoms with van der Waals surface area (Å²) >= 11 is 1.30. The molecule has 0 unspecified atom stereocenters. The lowest BCUT2D eigenvalue weighted by Crippen LogP contribution is -2.56. The van der Waals surface area contributed by atoms with E-state index in [2.05, 4.69) is 30.8 Å². The van der Waals surface area contributed by atoms with Gasteiger partial charge < -0.3 is 19.7 Å². The average molecular weight is 564 g/mol. The molecule has 5 rings (SSSR count). The minimum Gasteiger partial charge on any atom is -0.481 e. The van der Waals surface area contributed by atoms with Crippen LogP contribution in [0.15, 0.2) is 35.5 Å². The standard InChI is InChI=1S/C24H24F3N7O4S/c1-37-19-3-2-15-20(31-19)16(4-8-28-15)30-22(36)38-23(24(25,26)27)6-10-34(11-7-23)9-5-14-12-17-21(33-32-14)39-13-18(35)29-17/h2-4,8,12H,5-7,9-11,13H2,1H3,(H,29,35)(H,28,30,36). The van der Waals surface area contributed by atoms with Gasteiger partial charge in [-0.3, -0.25) is 15.1 Å². The molecule has 5 heterocycles. The molecule has 0 atom stereocenters. The quantitative estimate of drug-likeness (QED) is 0.458. The lowest BCUT2D eigenvalue weighted by Gasteiger charge is -2.41. The first-order chi connectivity index (χ1) is 18.7. The molecule has 0 aromatic carbocycles. The Morgan fingerprint density at radius 2 is 2.03 bits per heavy atom. The van der Waals surface area contributed by atoms with Crippen LogP contribution in [-0.2, 0) is 16.0 Å². The molecule has 2 aliphatic heterocycles. The summed E-state index contributed by atoms with van der Waals surface area (Å²) in [6.45, 7) is 0.564. The first kappa shape index (κ1) is 26.9. The number of anilines is 2. The van der Waals surface area contributed by atoms with Crippen molar-refractivity contribution >= 4 is 46.2 Å². The van der Waals surface area contributed by atoms with Crippen molar-refractivity contribution in [2.75, 3.05) is 43.1 Å². The number of aromatic nitrogens is 4. The maximum absolute atomic E-state index is 14.2. The van der Waals surface area contributed by atoms with Crippen molar-refractivity contribution in [3.05, 3.63) is 36.2 Å². The highest BCUT2D eigenvalue weighted by molar-refractivity contribution is 8.00. The number of methoxy groups -OCH3 is 1. The molecule has 0 saturated carbocycles. The number of likely N-dealkylation sites (tertiary alicyclic amines) is 1. The fourth-order valence-electron chi connectivity index (χ4n) is 4.45. The lowest BCUT2D eigenvalue weighted by molar-refractivity contribution is -0.269. The maximum Gasteiger partial charge on any atom is 0.428 e. The number of nitrogens with one attached hydrogen (secondary N) is 2. The Morgan fingerprint density at radius 3 is 2.77 bits per heavy atom. The third-order valence-corrected chi connectivity index (χ3v) is 7.56. The van der Waals surface area contributed by atoms with Crippen molar-refractivity contribution in [3.63, 3.8) is 0 Å².